The Balaban J connectivity index is 1.91. The van der Waals surface area contributed by atoms with Crippen molar-refractivity contribution in [3.63, 3.8) is 0 Å². The lowest BCUT2D eigenvalue weighted by Gasteiger charge is -2.36. The topological polar surface area (TPSA) is 67.8 Å². The average Bonchev–Trinajstić information content (AvgIpc) is 2.74. The summed E-state index contributed by atoms with van der Waals surface area (Å²) in [6, 6.07) is 4.03. The molecular weight excluding hydrogens is 360 g/mol. The quantitative estimate of drug-likeness (QED) is 0.386. The van der Waals surface area contributed by atoms with E-state index in [4.69, 9.17) is 18.9 Å². The van der Waals surface area contributed by atoms with Gasteiger partial charge in [-0.25, -0.2) is 0 Å². The number of hydrogen-bond acceptors (Lipinski definition) is 6. The van der Waals surface area contributed by atoms with E-state index < -0.39 is 0 Å². The van der Waals surface area contributed by atoms with Crippen molar-refractivity contribution in [1.29, 1.82) is 0 Å². The van der Waals surface area contributed by atoms with Gasteiger partial charge in [0, 0.05) is 52.9 Å². The zero-order valence-corrected chi connectivity index (χ0v) is 17.8. The summed E-state index contributed by atoms with van der Waals surface area (Å²) < 4.78 is 21.7. The van der Waals surface area contributed by atoms with E-state index in [1.807, 2.05) is 26.1 Å². The summed E-state index contributed by atoms with van der Waals surface area (Å²) in [6.07, 6.45) is 0. The smallest absolute Gasteiger partial charge is 0.203 e. The molecule has 1 aliphatic heterocycles. The summed E-state index contributed by atoms with van der Waals surface area (Å²) >= 11 is 0. The Morgan fingerprint density at radius 3 is 2.18 bits per heavy atom. The van der Waals surface area contributed by atoms with Crippen molar-refractivity contribution in [3.8, 4) is 17.2 Å². The molecule has 0 radical (unpaired) electrons. The Morgan fingerprint density at radius 2 is 1.68 bits per heavy atom. The number of nitrogens with one attached hydrogen (secondary N) is 1. The number of ether oxygens (including phenoxy) is 4. The summed E-state index contributed by atoms with van der Waals surface area (Å²) in [5, 5.41) is 3.37. The molecule has 0 aromatic heterocycles. The van der Waals surface area contributed by atoms with E-state index in [1.165, 1.54) is 0 Å². The first-order chi connectivity index (χ1) is 13.7. The molecule has 0 saturated carbocycles. The van der Waals surface area contributed by atoms with Crippen LogP contribution in [0.2, 0.25) is 0 Å². The highest BCUT2D eigenvalue weighted by molar-refractivity contribution is 5.80. The van der Waals surface area contributed by atoms with Crippen molar-refractivity contribution in [2.45, 2.75) is 13.5 Å². The van der Waals surface area contributed by atoms with Crippen LogP contribution in [-0.4, -0.2) is 90.1 Å². The molecule has 28 heavy (non-hydrogen) atoms. The Bertz CT molecular complexity index is 606. The second-order valence-corrected chi connectivity index (χ2v) is 6.47. The minimum Gasteiger partial charge on any atom is -0.493 e. The van der Waals surface area contributed by atoms with Gasteiger partial charge in [0.1, 0.15) is 0 Å². The largest absolute Gasteiger partial charge is 0.493 e. The maximum Gasteiger partial charge on any atom is 0.203 e. The normalized spacial score (nSPS) is 15.5. The molecule has 0 spiro atoms. The average molecular weight is 395 g/mol. The summed E-state index contributed by atoms with van der Waals surface area (Å²) in [5.74, 6) is 2.94. The van der Waals surface area contributed by atoms with Gasteiger partial charge in [0.2, 0.25) is 5.75 Å². The molecule has 1 aliphatic rings. The van der Waals surface area contributed by atoms with Crippen LogP contribution in [0, 0.1) is 0 Å². The van der Waals surface area contributed by atoms with Gasteiger partial charge in [-0.05, 0) is 24.6 Å². The minimum atomic E-state index is 0.625. The molecule has 2 rings (SSSR count). The Morgan fingerprint density at radius 1 is 1.04 bits per heavy atom. The third kappa shape index (κ3) is 5.90. The van der Waals surface area contributed by atoms with Crippen molar-refractivity contribution in [2.24, 2.45) is 4.99 Å². The van der Waals surface area contributed by atoms with Crippen LogP contribution < -0.4 is 19.5 Å². The molecule has 1 heterocycles. The van der Waals surface area contributed by atoms with Gasteiger partial charge in [0.15, 0.2) is 17.5 Å². The van der Waals surface area contributed by atoms with Crippen molar-refractivity contribution in [1.82, 2.24) is 15.1 Å². The molecule has 0 atom stereocenters. The van der Waals surface area contributed by atoms with Gasteiger partial charge in [-0.15, -0.1) is 0 Å². The first-order valence-corrected chi connectivity index (χ1v) is 9.71. The number of hydrogen-bond donors (Lipinski definition) is 1. The van der Waals surface area contributed by atoms with E-state index >= 15 is 0 Å². The van der Waals surface area contributed by atoms with Gasteiger partial charge >= 0.3 is 0 Å². The van der Waals surface area contributed by atoms with Gasteiger partial charge in [0.25, 0.3) is 0 Å². The molecule has 1 aromatic carbocycles. The van der Waals surface area contributed by atoms with Crippen LogP contribution >= 0.6 is 0 Å². The van der Waals surface area contributed by atoms with E-state index in [2.05, 4.69) is 20.1 Å². The summed E-state index contributed by atoms with van der Waals surface area (Å²) in [4.78, 5) is 9.10. The molecule has 8 nitrogen and oxygen atoms in total. The fourth-order valence-electron chi connectivity index (χ4n) is 3.31. The van der Waals surface area contributed by atoms with Crippen LogP contribution in [-0.2, 0) is 11.3 Å². The number of aliphatic imine (C=N–C) groups is 1. The highest BCUT2D eigenvalue weighted by Gasteiger charge is 2.21. The first-order valence-electron chi connectivity index (χ1n) is 9.71. The number of piperazine rings is 1. The lowest BCUT2D eigenvalue weighted by Crippen LogP contribution is -2.52. The Hall–Kier alpha value is -2.19. The maximum absolute atomic E-state index is 5.46. The molecule has 1 aromatic rings. The van der Waals surface area contributed by atoms with Crippen molar-refractivity contribution in [3.05, 3.63) is 17.7 Å². The zero-order valence-electron chi connectivity index (χ0n) is 17.8. The SMILES string of the molecule is CCOCCNC(=NC)N1CCN(Cc2cc(OC)c(OC)c(OC)c2)CC1. The van der Waals surface area contributed by atoms with E-state index in [-0.39, 0.29) is 0 Å². The fourth-order valence-corrected chi connectivity index (χ4v) is 3.31. The van der Waals surface area contributed by atoms with Gasteiger partial charge in [-0.1, -0.05) is 0 Å². The number of nitrogens with zero attached hydrogens (tertiary/aromatic N) is 3. The van der Waals surface area contributed by atoms with Crippen molar-refractivity contribution < 1.29 is 18.9 Å². The molecular formula is C20H34N4O4. The highest BCUT2D eigenvalue weighted by Crippen LogP contribution is 2.38. The van der Waals surface area contributed by atoms with Gasteiger partial charge in [-0.3, -0.25) is 9.89 Å². The Labute approximate surface area is 168 Å². The molecule has 0 unspecified atom stereocenters. The fraction of sp³-hybridized carbons (Fsp3) is 0.650. The molecule has 0 amide bonds. The molecule has 8 heteroatoms. The van der Waals surface area contributed by atoms with Crippen LogP contribution in [0.5, 0.6) is 17.2 Å². The monoisotopic (exact) mass is 394 g/mol. The molecule has 0 bridgehead atoms. The van der Waals surface area contributed by atoms with Crippen molar-refractivity contribution >= 4 is 5.96 Å². The lowest BCUT2D eigenvalue weighted by molar-refractivity contribution is 0.149. The molecule has 158 valence electrons. The standard InChI is InChI=1S/C20H34N4O4/c1-6-28-12-7-22-20(21-2)24-10-8-23(9-11-24)15-16-13-17(25-3)19(27-5)18(14-16)26-4/h13-14H,6-12,15H2,1-5H3,(H,21,22). The third-order valence-corrected chi connectivity index (χ3v) is 4.75. The predicted octanol–water partition coefficient (Wildman–Crippen LogP) is 1.44. The number of guanidine groups is 1. The van der Waals surface area contributed by atoms with E-state index in [0.717, 1.165) is 57.4 Å². The third-order valence-electron chi connectivity index (χ3n) is 4.75. The van der Waals surface area contributed by atoms with Crippen LogP contribution in [0.1, 0.15) is 12.5 Å². The number of methoxy groups -OCH3 is 3. The molecule has 0 aliphatic carbocycles. The van der Waals surface area contributed by atoms with Crippen molar-refractivity contribution in [2.75, 3.05) is 74.3 Å². The number of benzene rings is 1. The van der Waals surface area contributed by atoms with Gasteiger partial charge in [-0.2, -0.15) is 0 Å². The second-order valence-electron chi connectivity index (χ2n) is 6.47. The van der Waals surface area contributed by atoms with Crippen LogP contribution in [0.15, 0.2) is 17.1 Å². The molecule has 1 saturated heterocycles. The lowest BCUT2D eigenvalue weighted by atomic mass is 10.1. The molecule has 1 N–H and O–H groups in total. The van der Waals surface area contributed by atoms with Gasteiger partial charge < -0.3 is 29.2 Å². The predicted molar refractivity (Wildman–Crippen MR) is 111 cm³/mol. The summed E-state index contributed by atoms with van der Waals surface area (Å²) in [6.45, 7) is 8.81. The number of rotatable bonds is 9. The molecule has 1 fully saturated rings. The minimum absolute atomic E-state index is 0.625. The maximum atomic E-state index is 5.46. The van der Waals surface area contributed by atoms with Crippen LogP contribution in [0.25, 0.3) is 0 Å². The highest BCUT2D eigenvalue weighted by atomic mass is 16.5. The zero-order chi connectivity index (χ0) is 20.4. The van der Waals surface area contributed by atoms with Crippen LogP contribution in [0.3, 0.4) is 0 Å². The van der Waals surface area contributed by atoms with E-state index in [0.29, 0.717) is 23.9 Å². The summed E-state index contributed by atoms with van der Waals surface area (Å²) in [7, 11) is 6.73. The first kappa shape index (κ1) is 22.1. The van der Waals surface area contributed by atoms with Crippen LogP contribution in [0.4, 0.5) is 0 Å². The van der Waals surface area contributed by atoms with Gasteiger partial charge in [0.05, 0.1) is 27.9 Å². The van der Waals surface area contributed by atoms with E-state index in [9.17, 15) is 0 Å². The van der Waals surface area contributed by atoms with E-state index in [1.54, 1.807) is 21.3 Å². The Kier molecular flexibility index (Phi) is 9.16. The summed E-state index contributed by atoms with van der Waals surface area (Å²) in [5.41, 5.74) is 1.14. The second kappa shape index (κ2) is 11.6.